The minimum absolute atomic E-state index is 0.576. The van der Waals surface area contributed by atoms with E-state index in [1.54, 1.807) is 0 Å². The smallest absolute Gasteiger partial charge is 0.0767 e. The summed E-state index contributed by atoms with van der Waals surface area (Å²) in [5.74, 6) is 0.576. The number of rotatable bonds is 1. The van der Waals surface area contributed by atoms with Crippen molar-refractivity contribution in [2.45, 2.75) is 32.1 Å². The predicted octanol–water partition coefficient (Wildman–Crippen LogP) is 4.69. The first-order valence-electron chi connectivity index (χ1n) is 6.16. The van der Waals surface area contributed by atoms with Crippen molar-refractivity contribution in [3.63, 3.8) is 0 Å². The first-order chi connectivity index (χ1) is 7.95. The van der Waals surface area contributed by atoms with E-state index in [4.69, 9.17) is 4.99 Å². The van der Waals surface area contributed by atoms with Crippen LogP contribution in [0.4, 0.5) is 5.69 Å². The fourth-order valence-electron chi connectivity index (χ4n) is 2.93. The lowest BCUT2D eigenvalue weighted by molar-refractivity contribution is 0.710. The van der Waals surface area contributed by atoms with E-state index in [1.807, 2.05) is 11.8 Å². The molecule has 0 spiro atoms. The van der Waals surface area contributed by atoms with Gasteiger partial charge in [-0.25, -0.2) is 4.99 Å². The fourth-order valence-corrected chi connectivity index (χ4v) is 6.59. The van der Waals surface area contributed by atoms with Gasteiger partial charge in [-0.2, -0.15) is 0 Å². The molecule has 0 fully saturated rings. The van der Waals surface area contributed by atoms with Crippen molar-refractivity contribution in [3.05, 3.63) is 29.8 Å². The van der Waals surface area contributed by atoms with Gasteiger partial charge in [-0.3, -0.25) is 0 Å². The van der Waals surface area contributed by atoms with E-state index < -0.39 is 8.07 Å². The first-order valence-corrected chi connectivity index (χ1v) is 11.0. The maximum atomic E-state index is 4.81. The Morgan fingerprint density at radius 2 is 1.82 bits per heavy atom. The molecular weight excluding hydrogens is 242 g/mol. The summed E-state index contributed by atoms with van der Waals surface area (Å²) in [6.45, 7) is 9.74. The summed E-state index contributed by atoms with van der Waals surface area (Å²) in [6, 6.07) is 8.68. The molecule has 0 aliphatic carbocycles. The summed E-state index contributed by atoms with van der Waals surface area (Å²) >= 11 is 1.81. The average molecular weight is 263 g/mol. The Balaban J connectivity index is 2.57. The van der Waals surface area contributed by atoms with Crippen LogP contribution in [-0.2, 0) is 0 Å². The number of hydrogen-bond donors (Lipinski definition) is 0. The largest absolute Gasteiger partial charge is 0.246 e. The Bertz CT molecular complexity index is 448. The molecule has 0 bridgehead atoms. The van der Waals surface area contributed by atoms with E-state index in [9.17, 15) is 0 Å². The molecule has 0 unspecified atom stereocenters. The van der Waals surface area contributed by atoms with Gasteiger partial charge < -0.3 is 0 Å². The van der Waals surface area contributed by atoms with Crippen molar-refractivity contribution >= 4 is 30.6 Å². The monoisotopic (exact) mass is 263 g/mol. The molecule has 3 heteroatoms. The van der Waals surface area contributed by atoms with Crippen LogP contribution in [0.25, 0.3) is 0 Å². The highest BCUT2D eigenvalue weighted by Gasteiger charge is 2.38. The Kier molecular flexibility index (Phi) is 3.50. The van der Waals surface area contributed by atoms with Crippen molar-refractivity contribution in [2.24, 2.45) is 10.9 Å². The SMILES string of the molecule is CSC1=Nc2ccccc2[C@H]([Si](C)(C)C)[C@H]1C. The van der Waals surface area contributed by atoms with E-state index in [1.165, 1.54) is 16.3 Å². The van der Waals surface area contributed by atoms with Crippen molar-refractivity contribution < 1.29 is 0 Å². The summed E-state index contributed by atoms with van der Waals surface area (Å²) in [5.41, 5.74) is 3.36. The summed E-state index contributed by atoms with van der Waals surface area (Å²) in [5, 5.41) is 1.30. The lowest BCUT2D eigenvalue weighted by atomic mass is 9.97. The quantitative estimate of drug-likeness (QED) is 0.670. The molecular formula is C14H21NSSi. The average Bonchev–Trinajstić information content (AvgIpc) is 2.26. The second-order valence-corrected chi connectivity index (χ2v) is 12.0. The maximum absolute atomic E-state index is 4.81. The van der Waals surface area contributed by atoms with Crippen LogP contribution in [0.15, 0.2) is 29.3 Å². The fraction of sp³-hybridized carbons (Fsp3) is 0.500. The Morgan fingerprint density at radius 1 is 1.18 bits per heavy atom. The van der Waals surface area contributed by atoms with E-state index in [-0.39, 0.29) is 0 Å². The maximum Gasteiger partial charge on any atom is 0.0767 e. The third-order valence-corrected chi connectivity index (χ3v) is 7.09. The van der Waals surface area contributed by atoms with Crippen LogP contribution in [0, 0.1) is 5.92 Å². The molecule has 92 valence electrons. The van der Waals surface area contributed by atoms with Gasteiger partial charge >= 0.3 is 0 Å². The van der Waals surface area contributed by atoms with Crippen LogP contribution in [-0.4, -0.2) is 19.4 Å². The standard InChI is InChI=1S/C14H21NSSi/c1-10-13(17(3,4)5)11-8-6-7-9-12(11)15-14(10)16-2/h6-10,13H,1-5H3/t10-,13-/m1/s1. The number of hydrogen-bond acceptors (Lipinski definition) is 2. The summed E-state index contributed by atoms with van der Waals surface area (Å²) in [6.07, 6.45) is 2.14. The normalized spacial score (nSPS) is 24.2. The highest BCUT2D eigenvalue weighted by atomic mass is 32.2. The number of benzene rings is 1. The molecule has 0 amide bonds. The molecule has 0 aromatic heterocycles. The Hall–Kier alpha value is -0.543. The number of thioether (sulfide) groups is 1. The van der Waals surface area contributed by atoms with Gasteiger partial charge in [-0.1, -0.05) is 44.8 Å². The lowest BCUT2D eigenvalue weighted by Crippen LogP contribution is -2.39. The van der Waals surface area contributed by atoms with Crippen molar-refractivity contribution in [1.29, 1.82) is 0 Å². The molecule has 1 nitrogen and oxygen atoms in total. The van der Waals surface area contributed by atoms with Crippen LogP contribution < -0.4 is 0 Å². The summed E-state index contributed by atoms with van der Waals surface area (Å²) in [4.78, 5) is 4.81. The van der Waals surface area contributed by atoms with E-state index in [0.717, 1.165) is 0 Å². The van der Waals surface area contributed by atoms with Crippen LogP contribution in [0.3, 0.4) is 0 Å². The van der Waals surface area contributed by atoms with Gasteiger partial charge in [-0.15, -0.1) is 11.8 Å². The number of para-hydroxylation sites is 1. The van der Waals surface area contributed by atoms with Crippen LogP contribution >= 0.6 is 11.8 Å². The van der Waals surface area contributed by atoms with Gasteiger partial charge in [0.05, 0.1) is 18.8 Å². The zero-order chi connectivity index (χ0) is 12.6. The third kappa shape index (κ3) is 2.36. The molecule has 1 aliphatic rings. The Labute approximate surface area is 110 Å². The van der Waals surface area contributed by atoms with E-state index in [0.29, 0.717) is 11.5 Å². The summed E-state index contributed by atoms with van der Waals surface area (Å²) in [7, 11) is -1.22. The van der Waals surface area contributed by atoms with Gasteiger partial charge in [-0.05, 0) is 23.4 Å². The molecule has 1 aromatic carbocycles. The van der Waals surface area contributed by atoms with E-state index in [2.05, 4.69) is 57.1 Å². The van der Waals surface area contributed by atoms with Crippen molar-refractivity contribution in [1.82, 2.24) is 0 Å². The minimum atomic E-state index is -1.22. The highest BCUT2D eigenvalue weighted by Crippen LogP contribution is 2.44. The van der Waals surface area contributed by atoms with Crippen molar-refractivity contribution in [3.8, 4) is 0 Å². The van der Waals surface area contributed by atoms with Crippen LogP contribution in [0.5, 0.6) is 0 Å². The molecule has 17 heavy (non-hydrogen) atoms. The van der Waals surface area contributed by atoms with Crippen LogP contribution in [0.1, 0.15) is 18.0 Å². The third-order valence-electron chi connectivity index (χ3n) is 3.53. The van der Waals surface area contributed by atoms with Gasteiger partial charge in [0, 0.05) is 5.92 Å². The molecule has 0 N–H and O–H groups in total. The van der Waals surface area contributed by atoms with Gasteiger partial charge in [0.15, 0.2) is 0 Å². The molecule has 0 radical (unpaired) electrons. The first kappa shape index (κ1) is 12.9. The summed E-state index contributed by atoms with van der Waals surface area (Å²) < 4.78 is 0. The second kappa shape index (κ2) is 4.62. The van der Waals surface area contributed by atoms with Crippen molar-refractivity contribution in [2.75, 3.05) is 6.26 Å². The van der Waals surface area contributed by atoms with E-state index >= 15 is 0 Å². The molecule has 1 aromatic rings. The molecule has 2 atom stereocenters. The second-order valence-electron chi connectivity index (χ2n) is 5.85. The molecule has 0 saturated carbocycles. The topological polar surface area (TPSA) is 12.4 Å². The van der Waals surface area contributed by atoms with Gasteiger partial charge in [0.1, 0.15) is 0 Å². The molecule has 2 rings (SSSR count). The zero-order valence-electron chi connectivity index (χ0n) is 11.3. The van der Waals surface area contributed by atoms with Crippen LogP contribution in [0.2, 0.25) is 19.6 Å². The number of fused-ring (bicyclic) bond motifs is 1. The predicted molar refractivity (Wildman–Crippen MR) is 82.3 cm³/mol. The number of aliphatic imine (C=N–C) groups is 1. The zero-order valence-corrected chi connectivity index (χ0v) is 13.1. The van der Waals surface area contributed by atoms with Gasteiger partial charge in [0.2, 0.25) is 0 Å². The number of nitrogens with zero attached hydrogens (tertiary/aromatic N) is 1. The molecule has 0 saturated heterocycles. The molecule has 1 aliphatic heterocycles. The van der Waals surface area contributed by atoms with Gasteiger partial charge in [0.25, 0.3) is 0 Å². The molecule has 1 heterocycles. The Morgan fingerprint density at radius 3 is 2.41 bits per heavy atom. The minimum Gasteiger partial charge on any atom is -0.246 e. The lowest BCUT2D eigenvalue weighted by Gasteiger charge is -2.38. The highest BCUT2D eigenvalue weighted by molar-refractivity contribution is 8.13.